The molecule has 136 valence electrons. The van der Waals surface area contributed by atoms with E-state index in [1.165, 1.54) is 35.9 Å². The van der Waals surface area contributed by atoms with Crippen molar-refractivity contribution >= 4 is 51.4 Å². The van der Waals surface area contributed by atoms with Crippen LogP contribution in [0.2, 0.25) is 0 Å². The van der Waals surface area contributed by atoms with Gasteiger partial charge < -0.3 is 15.5 Å². The monoisotopic (exact) mass is 389 g/mol. The molecular weight excluding hydrogens is 370 g/mol. The molecule has 1 fully saturated rings. The predicted molar refractivity (Wildman–Crippen MR) is 104 cm³/mol. The Kier molecular flexibility index (Phi) is 4.82. The van der Waals surface area contributed by atoms with E-state index in [2.05, 4.69) is 20.8 Å². The highest BCUT2D eigenvalue weighted by atomic mass is 32.2. The van der Waals surface area contributed by atoms with Crippen LogP contribution in [0, 0.1) is 0 Å². The molecule has 0 radical (unpaired) electrons. The highest BCUT2D eigenvalue weighted by Crippen LogP contribution is 2.33. The van der Waals surface area contributed by atoms with Gasteiger partial charge in [-0.25, -0.2) is 0 Å². The van der Waals surface area contributed by atoms with Crippen LogP contribution in [0.5, 0.6) is 0 Å². The van der Waals surface area contributed by atoms with Crippen molar-refractivity contribution in [3.05, 3.63) is 24.3 Å². The van der Waals surface area contributed by atoms with Crippen LogP contribution in [0.3, 0.4) is 0 Å². The summed E-state index contributed by atoms with van der Waals surface area (Å²) in [6.45, 7) is 1.90. The molecule has 1 unspecified atom stereocenters. The molecule has 2 amide bonds. The lowest BCUT2D eigenvalue weighted by molar-refractivity contribution is -0.117. The summed E-state index contributed by atoms with van der Waals surface area (Å²) in [4.78, 5) is 26.6. The molecular formula is C17H19N5O2S2. The van der Waals surface area contributed by atoms with Crippen LogP contribution >= 0.6 is 23.1 Å². The van der Waals surface area contributed by atoms with Gasteiger partial charge in [0.25, 0.3) is 0 Å². The van der Waals surface area contributed by atoms with Crippen LogP contribution in [0.1, 0.15) is 26.2 Å². The number of amides is 2. The number of nitrogens with one attached hydrogen (secondary N) is 2. The molecule has 1 saturated carbocycles. The Morgan fingerprint density at radius 2 is 2.19 bits per heavy atom. The molecule has 1 aliphatic carbocycles. The molecule has 26 heavy (non-hydrogen) atoms. The molecule has 9 heteroatoms. The van der Waals surface area contributed by atoms with Crippen LogP contribution in [0.15, 0.2) is 28.6 Å². The lowest BCUT2D eigenvalue weighted by Crippen LogP contribution is -2.40. The molecule has 2 aliphatic rings. The number of benzene rings is 1. The smallest absolute Gasteiger partial charge is 0.237 e. The summed E-state index contributed by atoms with van der Waals surface area (Å²) in [6, 6.07) is 7.73. The SMILES string of the molecule is CC1CC(=O)Nc2ccccc2N1C(=O)CSc1nnc(NC2CC2)s1. The minimum absolute atomic E-state index is 0.0432. The maximum Gasteiger partial charge on any atom is 0.237 e. The number of para-hydroxylation sites is 2. The molecule has 2 N–H and O–H groups in total. The van der Waals surface area contributed by atoms with Crippen LogP contribution < -0.4 is 15.5 Å². The summed E-state index contributed by atoms with van der Waals surface area (Å²) in [5.41, 5.74) is 1.41. The Labute approximate surface area is 159 Å². The summed E-state index contributed by atoms with van der Waals surface area (Å²) < 4.78 is 0.770. The fourth-order valence-electron chi connectivity index (χ4n) is 2.89. The molecule has 2 heterocycles. The lowest BCUT2D eigenvalue weighted by Gasteiger charge is -2.27. The molecule has 2 aromatic rings. The van der Waals surface area contributed by atoms with Crippen LogP contribution in [-0.2, 0) is 9.59 Å². The van der Waals surface area contributed by atoms with Gasteiger partial charge in [0.05, 0.1) is 17.1 Å². The second kappa shape index (κ2) is 7.24. The molecule has 0 bridgehead atoms. The summed E-state index contributed by atoms with van der Waals surface area (Å²) in [6.07, 6.45) is 2.64. The van der Waals surface area contributed by atoms with Crippen molar-refractivity contribution in [2.45, 2.75) is 42.6 Å². The van der Waals surface area contributed by atoms with E-state index >= 15 is 0 Å². The third kappa shape index (κ3) is 3.83. The fourth-order valence-corrected chi connectivity index (χ4v) is 4.58. The summed E-state index contributed by atoms with van der Waals surface area (Å²) >= 11 is 2.86. The summed E-state index contributed by atoms with van der Waals surface area (Å²) in [7, 11) is 0. The van der Waals surface area contributed by atoms with E-state index < -0.39 is 0 Å². The van der Waals surface area contributed by atoms with Gasteiger partial charge in [0, 0.05) is 18.5 Å². The number of anilines is 3. The number of hydrogen-bond acceptors (Lipinski definition) is 7. The summed E-state index contributed by atoms with van der Waals surface area (Å²) in [5.74, 6) is 0.136. The van der Waals surface area contributed by atoms with Gasteiger partial charge in [-0.05, 0) is 31.9 Å². The van der Waals surface area contributed by atoms with Gasteiger partial charge in [0.2, 0.25) is 16.9 Å². The number of rotatable bonds is 5. The number of carbonyl (C=O) groups excluding carboxylic acids is 2. The fraction of sp³-hybridized carbons (Fsp3) is 0.412. The van der Waals surface area contributed by atoms with Gasteiger partial charge in [0.15, 0.2) is 4.34 Å². The zero-order chi connectivity index (χ0) is 18.1. The van der Waals surface area contributed by atoms with Crippen molar-refractivity contribution in [3.8, 4) is 0 Å². The maximum absolute atomic E-state index is 12.9. The molecule has 1 aromatic carbocycles. The average molecular weight is 390 g/mol. The standard InChI is InChI=1S/C17H19N5O2S2/c1-10-8-14(23)19-12-4-2-3-5-13(12)22(10)15(24)9-25-17-21-20-16(26-17)18-11-6-7-11/h2-5,10-11H,6-9H2,1H3,(H,18,20)(H,19,23). The molecule has 0 saturated heterocycles. The van der Waals surface area contributed by atoms with Crippen molar-refractivity contribution in [3.63, 3.8) is 0 Å². The van der Waals surface area contributed by atoms with E-state index in [4.69, 9.17) is 0 Å². The van der Waals surface area contributed by atoms with Crippen LogP contribution in [0.25, 0.3) is 0 Å². The third-order valence-electron chi connectivity index (χ3n) is 4.26. The predicted octanol–water partition coefficient (Wildman–Crippen LogP) is 2.97. The lowest BCUT2D eigenvalue weighted by atomic mass is 10.2. The Hall–Kier alpha value is -2.13. The third-order valence-corrected chi connectivity index (χ3v) is 6.23. The number of fused-ring (bicyclic) bond motifs is 1. The molecule has 1 atom stereocenters. The van der Waals surface area contributed by atoms with Crippen molar-refractivity contribution in [1.29, 1.82) is 0 Å². The first-order valence-electron chi connectivity index (χ1n) is 8.54. The maximum atomic E-state index is 12.9. The number of nitrogens with zero attached hydrogens (tertiary/aromatic N) is 3. The van der Waals surface area contributed by atoms with Gasteiger partial charge in [-0.2, -0.15) is 0 Å². The van der Waals surface area contributed by atoms with E-state index in [0.29, 0.717) is 11.7 Å². The largest absolute Gasteiger partial charge is 0.357 e. The van der Waals surface area contributed by atoms with Crippen LogP contribution in [0.4, 0.5) is 16.5 Å². The molecule has 4 rings (SSSR count). The second-order valence-electron chi connectivity index (χ2n) is 6.46. The van der Waals surface area contributed by atoms with Crippen molar-refractivity contribution in [2.24, 2.45) is 0 Å². The normalized spacial score (nSPS) is 19.5. The van der Waals surface area contributed by atoms with E-state index in [1.807, 2.05) is 31.2 Å². The summed E-state index contributed by atoms with van der Waals surface area (Å²) in [5, 5.41) is 15.3. The Morgan fingerprint density at radius 1 is 1.38 bits per heavy atom. The van der Waals surface area contributed by atoms with Gasteiger partial charge in [0.1, 0.15) is 0 Å². The molecule has 7 nitrogen and oxygen atoms in total. The van der Waals surface area contributed by atoms with E-state index in [1.54, 1.807) is 4.90 Å². The molecule has 0 spiro atoms. The first kappa shape index (κ1) is 17.3. The first-order chi connectivity index (χ1) is 12.6. The number of hydrogen-bond donors (Lipinski definition) is 2. The van der Waals surface area contributed by atoms with Gasteiger partial charge in [-0.3, -0.25) is 9.59 Å². The highest BCUT2D eigenvalue weighted by molar-refractivity contribution is 8.01. The number of thioether (sulfide) groups is 1. The van der Waals surface area contributed by atoms with E-state index in [-0.39, 0.29) is 30.0 Å². The van der Waals surface area contributed by atoms with Gasteiger partial charge in [-0.15, -0.1) is 10.2 Å². The minimum atomic E-state index is -0.201. The van der Waals surface area contributed by atoms with Crippen molar-refractivity contribution < 1.29 is 9.59 Å². The zero-order valence-corrected chi connectivity index (χ0v) is 15.9. The van der Waals surface area contributed by atoms with Crippen molar-refractivity contribution in [1.82, 2.24) is 10.2 Å². The Morgan fingerprint density at radius 3 is 3.00 bits per heavy atom. The van der Waals surface area contributed by atoms with Gasteiger partial charge >= 0.3 is 0 Å². The topological polar surface area (TPSA) is 87.2 Å². The number of aromatic nitrogens is 2. The van der Waals surface area contributed by atoms with Crippen molar-refractivity contribution in [2.75, 3.05) is 21.3 Å². The molecule has 1 aliphatic heterocycles. The van der Waals surface area contributed by atoms with E-state index in [0.717, 1.165) is 15.2 Å². The minimum Gasteiger partial charge on any atom is -0.357 e. The average Bonchev–Trinajstić information content (AvgIpc) is 3.32. The van der Waals surface area contributed by atoms with Crippen LogP contribution in [-0.4, -0.2) is 39.8 Å². The Bertz CT molecular complexity index is 836. The second-order valence-corrected chi connectivity index (χ2v) is 8.66. The van der Waals surface area contributed by atoms with E-state index in [9.17, 15) is 9.59 Å². The first-order valence-corrected chi connectivity index (χ1v) is 10.3. The zero-order valence-electron chi connectivity index (χ0n) is 14.3. The highest BCUT2D eigenvalue weighted by Gasteiger charge is 2.29. The number of carbonyl (C=O) groups is 2. The Balaban J connectivity index is 1.46. The quantitative estimate of drug-likeness (QED) is 0.765. The van der Waals surface area contributed by atoms with Gasteiger partial charge in [-0.1, -0.05) is 35.2 Å². The molecule has 1 aromatic heterocycles.